The number of esters is 1. The van der Waals surface area contributed by atoms with Gasteiger partial charge < -0.3 is 19.3 Å². The molecule has 2 aromatic carbocycles. The molecule has 1 aliphatic heterocycles. The third-order valence-corrected chi connectivity index (χ3v) is 7.21. The van der Waals surface area contributed by atoms with Crippen LogP contribution in [0.1, 0.15) is 51.9 Å². The number of ether oxygens (including phenoxy) is 3. The highest BCUT2D eigenvalue weighted by atomic mass is 32.1. The summed E-state index contributed by atoms with van der Waals surface area (Å²) in [5, 5.41) is 11.5. The minimum absolute atomic E-state index is 0.0886. The van der Waals surface area contributed by atoms with Crippen molar-refractivity contribution in [1.29, 1.82) is 0 Å². The highest BCUT2D eigenvalue weighted by molar-refractivity contribution is 7.17. The van der Waals surface area contributed by atoms with E-state index in [1.807, 2.05) is 13.8 Å². The second kappa shape index (κ2) is 11.1. The van der Waals surface area contributed by atoms with Gasteiger partial charge in [-0.15, -0.1) is 0 Å². The zero-order chi connectivity index (χ0) is 27.6. The number of aryl methyl sites for hydroxylation is 2. The van der Waals surface area contributed by atoms with Crippen molar-refractivity contribution in [3.8, 4) is 11.5 Å². The molecule has 4 rings (SSSR count). The van der Waals surface area contributed by atoms with Crippen molar-refractivity contribution in [3.63, 3.8) is 0 Å². The normalized spacial score (nSPS) is 16.6. The van der Waals surface area contributed by atoms with Gasteiger partial charge in [-0.3, -0.25) is 14.5 Å². The summed E-state index contributed by atoms with van der Waals surface area (Å²) < 4.78 is 16.0. The number of aliphatic hydroxyl groups is 1. The summed E-state index contributed by atoms with van der Waals surface area (Å²) in [5.41, 5.74) is 1.96. The van der Waals surface area contributed by atoms with E-state index in [1.54, 1.807) is 63.4 Å². The predicted molar refractivity (Wildman–Crippen MR) is 143 cm³/mol. The van der Waals surface area contributed by atoms with Crippen LogP contribution in [0.25, 0.3) is 5.76 Å². The van der Waals surface area contributed by atoms with E-state index in [4.69, 9.17) is 14.2 Å². The number of ketones is 1. The van der Waals surface area contributed by atoms with E-state index in [1.165, 1.54) is 4.90 Å². The lowest BCUT2D eigenvalue weighted by atomic mass is 9.95. The number of hydrogen-bond donors (Lipinski definition) is 1. The summed E-state index contributed by atoms with van der Waals surface area (Å²) in [7, 11) is 1.54. The number of aliphatic hydroxyl groups excluding tert-OH is 1. The molecule has 2 heterocycles. The third kappa shape index (κ3) is 4.87. The van der Waals surface area contributed by atoms with Gasteiger partial charge >= 0.3 is 11.9 Å². The Labute approximate surface area is 224 Å². The number of carbonyl (C=O) groups is 3. The van der Waals surface area contributed by atoms with Crippen LogP contribution in [-0.4, -0.2) is 48.1 Å². The van der Waals surface area contributed by atoms with Crippen molar-refractivity contribution in [2.75, 3.05) is 25.2 Å². The second-order valence-electron chi connectivity index (χ2n) is 8.49. The van der Waals surface area contributed by atoms with Crippen LogP contribution in [0.2, 0.25) is 0 Å². The lowest BCUT2D eigenvalue weighted by Crippen LogP contribution is -2.29. The van der Waals surface area contributed by atoms with Crippen molar-refractivity contribution in [2.45, 2.75) is 33.7 Å². The number of hydrogen-bond acceptors (Lipinski definition) is 9. The van der Waals surface area contributed by atoms with Crippen LogP contribution in [0.3, 0.4) is 0 Å². The molecular weight excluding hydrogens is 508 g/mol. The van der Waals surface area contributed by atoms with E-state index in [0.717, 1.165) is 16.9 Å². The molecule has 0 unspecified atom stereocenters. The Bertz CT molecular complexity index is 1430. The monoisotopic (exact) mass is 536 g/mol. The number of Topliss-reactive ketones (excluding diaryl/α,β-unsaturated/α-hetero) is 1. The SMILES string of the molecule is CCOC(=O)c1sc(N2C(=O)C(=O)/C(=C(/O)c3ccc(OC)c(C)c3)[C@@H]2c2ccc(OCC)cc2)nc1C. The van der Waals surface area contributed by atoms with Gasteiger partial charge in [-0.2, -0.15) is 0 Å². The van der Waals surface area contributed by atoms with E-state index in [-0.39, 0.29) is 27.9 Å². The van der Waals surface area contributed by atoms with Crippen molar-refractivity contribution < 1.29 is 33.7 Å². The average molecular weight is 537 g/mol. The number of amides is 1. The molecule has 1 amide bonds. The molecule has 198 valence electrons. The van der Waals surface area contributed by atoms with Gasteiger partial charge in [0.15, 0.2) is 5.13 Å². The van der Waals surface area contributed by atoms with E-state index >= 15 is 0 Å². The molecule has 1 fully saturated rings. The first-order valence-electron chi connectivity index (χ1n) is 12.0. The Hall–Kier alpha value is -4.18. The standard InChI is InChI=1S/C28H28N2O7S/c1-6-36-19-11-8-17(9-12-19)22-21(23(31)18-10-13-20(35-5)15(3)14-18)24(32)26(33)30(22)28-29-16(4)25(38-28)27(34)37-7-2/h8-14,22,31H,6-7H2,1-5H3/b23-21+/t22-/m0/s1. The number of aromatic nitrogens is 1. The van der Waals surface area contributed by atoms with Gasteiger partial charge in [-0.25, -0.2) is 9.78 Å². The zero-order valence-corrected chi connectivity index (χ0v) is 22.5. The minimum atomic E-state index is -0.992. The first-order valence-corrected chi connectivity index (χ1v) is 12.9. The molecule has 1 aliphatic rings. The van der Waals surface area contributed by atoms with Crippen molar-refractivity contribution in [1.82, 2.24) is 4.98 Å². The summed E-state index contributed by atoms with van der Waals surface area (Å²) in [5.74, 6) is -1.37. The molecule has 0 bridgehead atoms. The van der Waals surface area contributed by atoms with Gasteiger partial charge in [0.25, 0.3) is 5.78 Å². The lowest BCUT2D eigenvalue weighted by Gasteiger charge is -2.23. The fourth-order valence-corrected chi connectivity index (χ4v) is 5.30. The van der Waals surface area contributed by atoms with E-state index < -0.39 is 23.7 Å². The van der Waals surface area contributed by atoms with Gasteiger partial charge in [0.2, 0.25) is 0 Å². The molecule has 1 atom stereocenters. The summed E-state index contributed by atoms with van der Waals surface area (Å²) in [6, 6.07) is 10.9. The molecule has 9 nitrogen and oxygen atoms in total. The molecule has 1 aromatic heterocycles. The predicted octanol–water partition coefficient (Wildman–Crippen LogP) is 4.97. The Balaban J connectivity index is 1.90. The Morgan fingerprint density at radius 1 is 1.08 bits per heavy atom. The first-order chi connectivity index (χ1) is 18.2. The topological polar surface area (TPSA) is 115 Å². The van der Waals surface area contributed by atoms with E-state index in [0.29, 0.717) is 34.9 Å². The maximum Gasteiger partial charge on any atom is 0.350 e. The molecule has 3 aromatic rings. The van der Waals surface area contributed by atoms with Crippen LogP contribution < -0.4 is 14.4 Å². The summed E-state index contributed by atoms with van der Waals surface area (Å²) >= 11 is 0.959. The summed E-state index contributed by atoms with van der Waals surface area (Å²) in [4.78, 5) is 45.2. The molecule has 10 heteroatoms. The smallest absolute Gasteiger partial charge is 0.350 e. The largest absolute Gasteiger partial charge is 0.507 e. The number of carbonyl (C=O) groups excluding carboxylic acids is 3. The molecular formula is C28H28N2O7S. The Morgan fingerprint density at radius 3 is 2.39 bits per heavy atom. The van der Waals surface area contributed by atoms with Crippen molar-refractivity contribution >= 4 is 39.9 Å². The van der Waals surface area contributed by atoms with Gasteiger partial charge in [0.05, 0.1) is 37.6 Å². The fraction of sp³-hybridized carbons (Fsp3) is 0.286. The first kappa shape index (κ1) is 26.9. The maximum atomic E-state index is 13.4. The molecule has 0 spiro atoms. The number of rotatable bonds is 8. The van der Waals surface area contributed by atoms with Crippen LogP contribution in [0.4, 0.5) is 5.13 Å². The quantitative estimate of drug-likeness (QED) is 0.186. The van der Waals surface area contributed by atoms with Gasteiger partial charge in [0.1, 0.15) is 22.1 Å². The molecule has 1 N–H and O–H groups in total. The molecule has 0 saturated carbocycles. The van der Waals surface area contributed by atoms with Gasteiger partial charge in [-0.1, -0.05) is 23.5 Å². The number of methoxy groups -OCH3 is 1. The fourth-order valence-electron chi connectivity index (χ4n) is 4.31. The highest BCUT2D eigenvalue weighted by Gasteiger charge is 2.48. The molecule has 38 heavy (non-hydrogen) atoms. The van der Waals surface area contributed by atoms with E-state index in [9.17, 15) is 19.5 Å². The second-order valence-corrected chi connectivity index (χ2v) is 9.46. The number of anilines is 1. The molecule has 1 saturated heterocycles. The number of nitrogens with zero attached hydrogens (tertiary/aromatic N) is 2. The van der Waals surface area contributed by atoms with Crippen molar-refractivity contribution in [3.05, 3.63) is 75.3 Å². The minimum Gasteiger partial charge on any atom is -0.507 e. The Kier molecular flexibility index (Phi) is 7.82. The van der Waals surface area contributed by atoms with E-state index in [2.05, 4.69) is 4.98 Å². The van der Waals surface area contributed by atoms with Crippen molar-refractivity contribution in [2.24, 2.45) is 0 Å². The van der Waals surface area contributed by atoms with Crippen LogP contribution in [-0.2, 0) is 14.3 Å². The van der Waals surface area contributed by atoms with Crippen LogP contribution in [0.5, 0.6) is 11.5 Å². The maximum absolute atomic E-state index is 13.4. The number of thiazole rings is 1. The van der Waals surface area contributed by atoms with Gasteiger partial charge in [-0.05, 0) is 69.2 Å². The number of benzene rings is 2. The summed E-state index contributed by atoms with van der Waals surface area (Å²) in [6.07, 6.45) is 0. The van der Waals surface area contributed by atoms with Crippen LogP contribution in [0.15, 0.2) is 48.0 Å². The van der Waals surface area contributed by atoms with Crippen LogP contribution in [0, 0.1) is 13.8 Å². The summed E-state index contributed by atoms with van der Waals surface area (Å²) in [6.45, 7) is 7.67. The highest BCUT2D eigenvalue weighted by Crippen LogP contribution is 2.44. The third-order valence-electron chi connectivity index (χ3n) is 6.07. The lowest BCUT2D eigenvalue weighted by molar-refractivity contribution is -0.132. The van der Waals surface area contributed by atoms with Gasteiger partial charge in [0, 0.05) is 5.56 Å². The molecule has 0 radical (unpaired) electrons. The average Bonchev–Trinajstić information content (AvgIpc) is 3.41. The zero-order valence-electron chi connectivity index (χ0n) is 21.7. The Morgan fingerprint density at radius 2 is 1.79 bits per heavy atom. The van der Waals surface area contributed by atoms with Crippen LogP contribution >= 0.6 is 11.3 Å². The molecule has 0 aliphatic carbocycles.